The summed E-state index contributed by atoms with van der Waals surface area (Å²) in [6.07, 6.45) is 3.69. The van der Waals surface area contributed by atoms with Crippen molar-refractivity contribution in [3.8, 4) is 0 Å². The van der Waals surface area contributed by atoms with Gasteiger partial charge in [0.1, 0.15) is 0 Å². The largest absolute Gasteiger partial charge is 0.354 e. The molecule has 0 bridgehead atoms. The van der Waals surface area contributed by atoms with Gasteiger partial charge in [0.15, 0.2) is 0 Å². The molecule has 17 heavy (non-hydrogen) atoms. The predicted molar refractivity (Wildman–Crippen MR) is 71.2 cm³/mol. The second kappa shape index (κ2) is 4.26. The predicted octanol–water partition coefficient (Wildman–Crippen LogP) is 3.84. The van der Waals surface area contributed by atoms with Gasteiger partial charge in [-0.1, -0.05) is 36.4 Å². The van der Waals surface area contributed by atoms with E-state index in [0.29, 0.717) is 0 Å². The van der Waals surface area contributed by atoms with E-state index in [9.17, 15) is 0 Å². The summed E-state index contributed by atoms with van der Waals surface area (Å²) in [5.74, 6) is 0. The average molecular weight is 220 g/mol. The van der Waals surface area contributed by atoms with Crippen LogP contribution in [-0.2, 0) is 0 Å². The Hall–Kier alpha value is -2.35. The van der Waals surface area contributed by atoms with Gasteiger partial charge < -0.3 is 4.98 Å². The molecule has 0 aliphatic rings. The SMILES string of the molecule is c1cccc2[nH]c3ccccc3c2cncc1. The molecular weight excluding hydrogens is 208 g/mol. The number of aromatic amines is 1. The van der Waals surface area contributed by atoms with Gasteiger partial charge in [-0.2, -0.15) is 0 Å². The molecule has 2 heteroatoms. The van der Waals surface area contributed by atoms with Crippen LogP contribution in [0.15, 0.2) is 67.0 Å². The molecule has 0 aliphatic carbocycles. The number of rotatable bonds is 0. The van der Waals surface area contributed by atoms with Crippen LogP contribution in [0.1, 0.15) is 0 Å². The molecule has 0 saturated heterocycles. The lowest BCUT2D eigenvalue weighted by Crippen LogP contribution is -1.65. The van der Waals surface area contributed by atoms with Gasteiger partial charge in [0.2, 0.25) is 0 Å². The number of para-hydroxylation sites is 1. The molecule has 1 aromatic carbocycles. The van der Waals surface area contributed by atoms with Crippen molar-refractivity contribution in [2.45, 2.75) is 0 Å². The van der Waals surface area contributed by atoms with Crippen molar-refractivity contribution in [2.75, 3.05) is 0 Å². The van der Waals surface area contributed by atoms with Crippen LogP contribution in [0.2, 0.25) is 0 Å². The molecule has 0 unspecified atom stereocenters. The number of aromatic nitrogens is 2. The molecule has 0 radical (unpaired) electrons. The Morgan fingerprint density at radius 2 is 1.41 bits per heavy atom. The third-order valence-corrected chi connectivity index (χ3v) is 2.75. The first-order valence-corrected chi connectivity index (χ1v) is 5.59. The topological polar surface area (TPSA) is 28.7 Å². The number of benzene rings is 1. The number of nitrogens with one attached hydrogen (secondary N) is 1. The summed E-state index contributed by atoms with van der Waals surface area (Å²) in [6.45, 7) is 0. The first kappa shape index (κ1) is 9.85. The highest BCUT2D eigenvalue weighted by Crippen LogP contribution is 2.22. The van der Waals surface area contributed by atoms with E-state index in [1.807, 2.05) is 42.6 Å². The smallest absolute Gasteiger partial charge is 0.0480 e. The van der Waals surface area contributed by atoms with E-state index in [2.05, 4.69) is 28.2 Å². The maximum Gasteiger partial charge on any atom is 0.0480 e. The van der Waals surface area contributed by atoms with Crippen LogP contribution in [0.3, 0.4) is 0 Å². The molecule has 1 N–H and O–H groups in total. The third-order valence-electron chi connectivity index (χ3n) is 2.75. The number of fused-ring (bicyclic) bond motifs is 3. The molecule has 82 valence electrons. The number of hydrogen-bond acceptors (Lipinski definition) is 1. The number of H-pyrrole nitrogens is 1. The Kier molecular flexibility index (Phi) is 2.47. The van der Waals surface area contributed by atoms with Crippen LogP contribution >= 0.6 is 0 Å². The minimum atomic E-state index is 1.09. The van der Waals surface area contributed by atoms with Gasteiger partial charge in [0, 0.05) is 34.2 Å². The fourth-order valence-corrected chi connectivity index (χ4v) is 1.95. The van der Waals surface area contributed by atoms with Crippen molar-refractivity contribution in [1.29, 1.82) is 0 Å². The monoisotopic (exact) mass is 220 g/mol. The van der Waals surface area contributed by atoms with Gasteiger partial charge in [0.25, 0.3) is 0 Å². The highest BCUT2D eigenvalue weighted by atomic mass is 14.7. The molecule has 3 rings (SSSR count). The standard InChI is InChI=1S/C15H12N2/c1-2-6-10-16-11-13-12-7-4-5-9-14(12)17-15(13)8-3-1/h1-11,17H. The molecule has 2 heterocycles. The maximum absolute atomic E-state index is 4.29. The lowest BCUT2D eigenvalue weighted by molar-refractivity contribution is 1.37. The molecule has 2 aromatic heterocycles. The van der Waals surface area contributed by atoms with E-state index in [4.69, 9.17) is 0 Å². The van der Waals surface area contributed by atoms with E-state index >= 15 is 0 Å². The van der Waals surface area contributed by atoms with Crippen molar-refractivity contribution >= 4 is 21.8 Å². The fourth-order valence-electron chi connectivity index (χ4n) is 1.95. The summed E-state index contributed by atoms with van der Waals surface area (Å²) in [7, 11) is 0. The van der Waals surface area contributed by atoms with E-state index in [1.165, 1.54) is 5.39 Å². The van der Waals surface area contributed by atoms with Crippen molar-refractivity contribution in [1.82, 2.24) is 9.97 Å². The maximum atomic E-state index is 4.29. The van der Waals surface area contributed by atoms with Gasteiger partial charge in [-0.25, -0.2) is 0 Å². The molecule has 0 amide bonds. The molecule has 2 nitrogen and oxygen atoms in total. The zero-order valence-electron chi connectivity index (χ0n) is 9.30. The van der Waals surface area contributed by atoms with Gasteiger partial charge in [-0.05, 0) is 18.2 Å². The fraction of sp³-hybridized carbons (Fsp3) is 0. The van der Waals surface area contributed by atoms with Crippen molar-refractivity contribution in [3.05, 3.63) is 67.0 Å². The Morgan fingerprint density at radius 1 is 0.706 bits per heavy atom. The minimum absolute atomic E-state index is 1.09. The van der Waals surface area contributed by atoms with Crippen LogP contribution in [0.4, 0.5) is 0 Å². The van der Waals surface area contributed by atoms with Gasteiger partial charge in [-0.15, -0.1) is 0 Å². The summed E-state index contributed by atoms with van der Waals surface area (Å²) >= 11 is 0. The third kappa shape index (κ3) is 1.85. The van der Waals surface area contributed by atoms with Crippen molar-refractivity contribution < 1.29 is 0 Å². The van der Waals surface area contributed by atoms with Crippen molar-refractivity contribution in [2.24, 2.45) is 0 Å². The summed E-state index contributed by atoms with van der Waals surface area (Å²) in [5, 5.41) is 2.34. The van der Waals surface area contributed by atoms with E-state index in [-0.39, 0.29) is 0 Å². The molecule has 0 fully saturated rings. The van der Waals surface area contributed by atoms with Gasteiger partial charge >= 0.3 is 0 Å². The summed E-state index contributed by atoms with van der Waals surface area (Å²) < 4.78 is 0. The zero-order valence-corrected chi connectivity index (χ0v) is 9.30. The van der Waals surface area contributed by atoms with Crippen LogP contribution in [0, 0.1) is 0 Å². The average Bonchev–Trinajstić information content (AvgIpc) is 2.72. The number of nitrogens with zero attached hydrogens (tertiary/aromatic N) is 1. The van der Waals surface area contributed by atoms with Crippen LogP contribution < -0.4 is 0 Å². The molecule has 0 saturated carbocycles. The van der Waals surface area contributed by atoms with E-state index < -0.39 is 0 Å². The number of hydrogen-bond donors (Lipinski definition) is 1. The second-order valence-electron chi connectivity index (χ2n) is 3.86. The van der Waals surface area contributed by atoms with E-state index in [1.54, 1.807) is 6.20 Å². The lowest BCUT2D eigenvalue weighted by Gasteiger charge is -1.86. The van der Waals surface area contributed by atoms with Crippen LogP contribution in [0.25, 0.3) is 21.8 Å². The zero-order chi connectivity index (χ0) is 11.5. The summed E-state index contributed by atoms with van der Waals surface area (Å²) in [4.78, 5) is 7.68. The van der Waals surface area contributed by atoms with Crippen LogP contribution in [0.5, 0.6) is 0 Å². The molecule has 0 spiro atoms. The first-order valence-electron chi connectivity index (χ1n) is 5.59. The quantitative estimate of drug-likeness (QED) is 0.612. The highest BCUT2D eigenvalue weighted by molar-refractivity contribution is 6.06. The van der Waals surface area contributed by atoms with Gasteiger partial charge in [0.05, 0.1) is 0 Å². The van der Waals surface area contributed by atoms with Gasteiger partial charge in [-0.3, -0.25) is 4.98 Å². The minimum Gasteiger partial charge on any atom is -0.354 e. The summed E-state index contributed by atoms with van der Waals surface area (Å²) in [6, 6.07) is 18.2. The normalized spacial score (nSPS) is 10.4. The Labute approximate surface area is 99.3 Å². The summed E-state index contributed by atoms with van der Waals surface area (Å²) in [5.41, 5.74) is 2.23. The molecular formula is C15H12N2. The molecule has 0 atom stereocenters. The molecule has 3 aromatic rings. The highest BCUT2D eigenvalue weighted by Gasteiger charge is 1.99. The van der Waals surface area contributed by atoms with Crippen molar-refractivity contribution in [3.63, 3.8) is 0 Å². The van der Waals surface area contributed by atoms with E-state index in [0.717, 1.165) is 16.4 Å². The molecule has 0 aliphatic heterocycles. The van der Waals surface area contributed by atoms with Crippen LogP contribution in [-0.4, -0.2) is 9.97 Å². The second-order valence-corrected chi connectivity index (χ2v) is 3.86. The Bertz CT molecular complexity index is 712. The first-order chi connectivity index (χ1) is 8.45. The Morgan fingerprint density at radius 3 is 2.35 bits per heavy atom. The lowest BCUT2D eigenvalue weighted by atomic mass is 10.2. The Balaban J connectivity index is 2.49.